The number of aliphatic hydroxyl groups excluding tert-OH is 9. The Morgan fingerprint density at radius 3 is 1.97 bits per heavy atom. The first-order valence-corrected chi connectivity index (χ1v) is 25.6. The summed E-state index contributed by atoms with van der Waals surface area (Å²) in [7, 11) is 0. The molecule has 6 unspecified atom stereocenters. The minimum atomic E-state index is -1.97. The van der Waals surface area contributed by atoms with Crippen molar-refractivity contribution in [2.75, 3.05) is 59.3 Å². The number of aliphatic hydroxyl groups is 9. The molecule has 0 aliphatic carbocycles. The summed E-state index contributed by atoms with van der Waals surface area (Å²) in [4.78, 5) is 74.7. The van der Waals surface area contributed by atoms with Gasteiger partial charge >= 0.3 is 0 Å². The van der Waals surface area contributed by atoms with Gasteiger partial charge in [-0.1, -0.05) is 30.3 Å². The monoisotopic (exact) mass is 1090 g/mol. The molecule has 26 nitrogen and oxygen atoms in total. The van der Waals surface area contributed by atoms with Gasteiger partial charge in [-0.25, -0.2) is 0 Å². The largest absolute Gasteiger partial charge is 0.486 e. The van der Waals surface area contributed by atoms with Crippen LogP contribution in [0.25, 0.3) is 11.1 Å². The average molecular weight is 1090 g/mol. The topological polar surface area (TPSA) is 386 Å². The molecule has 0 bridgehead atoms. The number of carbonyl (C=O) groups excluding carboxylic acids is 6. The molecule has 15 atom stereocenters. The summed E-state index contributed by atoms with van der Waals surface area (Å²) in [5, 5.41) is 99.8. The normalized spacial score (nSPS) is 30.5. The van der Waals surface area contributed by atoms with Crippen molar-refractivity contribution in [1.82, 2.24) is 15.5 Å². The molecule has 26 heteroatoms. The number of ether oxygens (including phenoxy) is 8. The van der Waals surface area contributed by atoms with E-state index in [9.17, 15) is 74.7 Å². The predicted octanol–water partition coefficient (Wildman–Crippen LogP) is -3.28. The Morgan fingerprint density at radius 1 is 0.649 bits per heavy atom. The molecule has 2 aromatic carbocycles. The molecular formula is C51H71N3O23. The summed E-state index contributed by atoms with van der Waals surface area (Å²) in [5.41, 5.74) is 2.10. The molecular weight excluding hydrogens is 1020 g/mol. The van der Waals surface area contributed by atoms with Crippen LogP contribution in [0.4, 0.5) is 0 Å². The lowest BCUT2D eigenvalue weighted by Crippen LogP contribution is -2.68. The van der Waals surface area contributed by atoms with Crippen molar-refractivity contribution in [3.8, 4) is 16.9 Å². The Kier molecular flexibility index (Phi) is 23.7. The van der Waals surface area contributed by atoms with Gasteiger partial charge in [0.05, 0.1) is 39.6 Å². The van der Waals surface area contributed by atoms with Crippen LogP contribution in [0.1, 0.15) is 68.6 Å². The van der Waals surface area contributed by atoms with Gasteiger partial charge in [-0.3, -0.25) is 33.7 Å². The van der Waals surface area contributed by atoms with E-state index in [2.05, 4.69) is 10.6 Å². The van der Waals surface area contributed by atoms with E-state index in [1.54, 1.807) is 42.5 Å². The third kappa shape index (κ3) is 16.8. The number of nitrogens with one attached hydrogen (secondary N) is 2. The maximum atomic E-state index is 13.0. The van der Waals surface area contributed by atoms with Gasteiger partial charge in [0.2, 0.25) is 23.6 Å². The summed E-state index contributed by atoms with van der Waals surface area (Å²) in [6.45, 7) is -0.773. The number of carbonyl (C=O) groups is 6. The van der Waals surface area contributed by atoms with E-state index >= 15 is 0 Å². The number of hydrogen-bond donors (Lipinski definition) is 11. The lowest BCUT2D eigenvalue weighted by atomic mass is 9.95. The molecule has 2 aromatic rings. The number of rotatable bonds is 29. The zero-order chi connectivity index (χ0) is 55.8. The van der Waals surface area contributed by atoms with E-state index in [1.165, 1.54) is 6.92 Å². The van der Waals surface area contributed by atoms with Crippen molar-refractivity contribution in [3.05, 3.63) is 54.1 Å². The Hall–Kier alpha value is -4.98. The van der Waals surface area contributed by atoms with Crippen molar-refractivity contribution in [1.29, 1.82) is 0 Å². The number of hydrogen-bond acceptors (Lipinski definition) is 23. The molecule has 4 amide bonds. The third-order valence-corrected chi connectivity index (χ3v) is 13.4. The van der Waals surface area contributed by atoms with Crippen molar-refractivity contribution in [3.63, 3.8) is 0 Å². The fourth-order valence-electron chi connectivity index (χ4n) is 9.06. The van der Waals surface area contributed by atoms with Crippen LogP contribution >= 0.6 is 0 Å². The van der Waals surface area contributed by atoms with E-state index in [0.717, 1.165) is 16.0 Å². The number of imide groups is 1. The quantitative estimate of drug-likeness (QED) is 0.0216. The maximum Gasteiger partial charge on any atom is 0.229 e. The minimum Gasteiger partial charge on any atom is -0.486 e. The van der Waals surface area contributed by atoms with Crippen LogP contribution < -0.4 is 15.4 Å². The van der Waals surface area contributed by atoms with E-state index < -0.39 is 118 Å². The Bertz CT molecular complexity index is 2240. The first kappa shape index (κ1) is 61.2. The molecule has 6 rings (SSSR count). The highest BCUT2D eigenvalue weighted by molar-refractivity contribution is 6.02. The van der Waals surface area contributed by atoms with Crippen LogP contribution in [0, 0.1) is 0 Å². The van der Waals surface area contributed by atoms with Crippen molar-refractivity contribution in [2.45, 2.75) is 150 Å². The lowest BCUT2D eigenvalue weighted by Gasteiger charge is -2.48. The highest BCUT2D eigenvalue weighted by Crippen LogP contribution is 2.33. The molecule has 0 radical (unpaired) electrons. The van der Waals surface area contributed by atoms with Gasteiger partial charge in [0.15, 0.2) is 30.4 Å². The van der Waals surface area contributed by atoms with Gasteiger partial charge in [-0.2, -0.15) is 0 Å². The SMILES string of the molecule is CC(=O)NC1[C@H](OCCCCC(=O)COc2ccc(-c3cccc(C(=O)CCCNC(=O)CCOCCN4C(=O)CCC4=O)c3)cc2)OC(CO)[C@@H](O[C@@H]2OC(CO)[C@H](O)[C@H](O[C@H]3OC(CO)[C@H](O)[C@H](O)C3O)C2O)[C@@H]1O. The predicted molar refractivity (Wildman–Crippen MR) is 261 cm³/mol. The van der Waals surface area contributed by atoms with Crippen LogP contribution in [-0.2, 0) is 57.1 Å². The number of benzene rings is 2. The fraction of sp³-hybridized carbons (Fsp3) is 0.647. The number of amides is 4. The summed E-state index contributed by atoms with van der Waals surface area (Å²) < 4.78 is 45.3. The van der Waals surface area contributed by atoms with Gasteiger partial charge in [0.25, 0.3) is 0 Å². The van der Waals surface area contributed by atoms with Crippen LogP contribution in [0.3, 0.4) is 0 Å². The Balaban J connectivity index is 0.898. The second-order valence-corrected chi connectivity index (χ2v) is 19.0. The van der Waals surface area contributed by atoms with Crippen LogP contribution in [0.15, 0.2) is 48.5 Å². The van der Waals surface area contributed by atoms with E-state index in [-0.39, 0.29) is 94.4 Å². The third-order valence-electron chi connectivity index (χ3n) is 13.4. The van der Waals surface area contributed by atoms with Crippen LogP contribution in [-0.4, -0.2) is 237 Å². The summed E-state index contributed by atoms with van der Waals surface area (Å²) in [6, 6.07) is 12.8. The van der Waals surface area contributed by atoms with E-state index in [0.29, 0.717) is 37.1 Å². The fourth-order valence-corrected chi connectivity index (χ4v) is 9.06. The second-order valence-electron chi connectivity index (χ2n) is 19.0. The highest BCUT2D eigenvalue weighted by Gasteiger charge is 2.54. The number of likely N-dealkylation sites (tertiary alicyclic amines) is 1. The second kappa shape index (κ2) is 29.8. The van der Waals surface area contributed by atoms with Crippen LogP contribution in [0.5, 0.6) is 5.75 Å². The molecule has 4 aliphatic heterocycles. The number of ketones is 2. The van der Waals surface area contributed by atoms with Crippen molar-refractivity contribution >= 4 is 35.2 Å². The molecule has 4 aliphatic rings. The van der Waals surface area contributed by atoms with Gasteiger partial charge in [-0.05, 0) is 48.6 Å². The summed E-state index contributed by atoms with van der Waals surface area (Å²) in [6.07, 6.45) is -21.7. The molecule has 0 aromatic heterocycles. The average Bonchev–Trinajstić information content (AvgIpc) is 3.75. The molecule has 11 N–H and O–H groups in total. The smallest absolute Gasteiger partial charge is 0.229 e. The molecule has 4 heterocycles. The van der Waals surface area contributed by atoms with Gasteiger partial charge < -0.3 is 94.5 Å². The number of unbranched alkanes of at least 4 members (excludes halogenated alkanes) is 1. The Morgan fingerprint density at radius 2 is 1.30 bits per heavy atom. The molecule has 4 fully saturated rings. The van der Waals surface area contributed by atoms with Crippen LogP contribution in [0.2, 0.25) is 0 Å². The van der Waals surface area contributed by atoms with Crippen molar-refractivity contribution < 1.29 is 113 Å². The summed E-state index contributed by atoms with van der Waals surface area (Å²) in [5.74, 6) is -1.15. The van der Waals surface area contributed by atoms with E-state index in [1.807, 2.05) is 6.07 Å². The van der Waals surface area contributed by atoms with Crippen molar-refractivity contribution in [2.24, 2.45) is 0 Å². The molecule has 4 saturated heterocycles. The molecule has 77 heavy (non-hydrogen) atoms. The summed E-state index contributed by atoms with van der Waals surface area (Å²) >= 11 is 0. The highest BCUT2D eigenvalue weighted by atomic mass is 16.8. The minimum absolute atomic E-state index is 0.0237. The lowest BCUT2D eigenvalue weighted by molar-refractivity contribution is -0.376. The standard InChI is InChI=1S/C51H71N3O23/c1-27(58)53-40-43(66)47(76-51-46(69)48(42(65)35(24-56)74-51)77-50-45(68)44(67)41(64)34(23-55)73-50)36(25-57)75-49(40)71-19-3-2-8-31(59)26-72-32-12-10-28(11-13-32)29-6-4-7-30(22-29)33(60)9-5-17-52-37(61)16-20-70-21-18-54-38(62)14-15-39(54)63/h4,6-7,10-13,22,34-36,40-51,55-57,64-69H,2-3,5,8-9,14-21,23-26H2,1H3,(H,52,61)(H,53,58)/t34?,35?,36?,40?,41-,42-,43+,44-,45?,46?,47+,48-,49+,50+,51-/m0/s1. The number of Topliss-reactive ketones (excluding diaryl/α,β-unsaturated/α-hetero) is 2. The molecule has 0 spiro atoms. The van der Waals surface area contributed by atoms with E-state index in [4.69, 9.17) is 37.9 Å². The zero-order valence-electron chi connectivity index (χ0n) is 42.5. The number of nitrogens with zero attached hydrogens (tertiary/aromatic N) is 1. The Labute approximate surface area is 443 Å². The first-order chi connectivity index (χ1) is 36.9. The van der Waals surface area contributed by atoms with Gasteiger partial charge in [-0.15, -0.1) is 0 Å². The van der Waals surface area contributed by atoms with Gasteiger partial charge in [0.1, 0.15) is 85.5 Å². The molecule has 0 saturated carbocycles. The first-order valence-electron chi connectivity index (χ1n) is 25.6. The maximum absolute atomic E-state index is 13.0. The van der Waals surface area contributed by atoms with Gasteiger partial charge in [0, 0.05) is 57.7 Å². The molecule has 428 valence electrons. The zero-order valence-corrected chi connectivity index (χ0v) is 42.5.